The molecule has 0 spiro atoms. The Balaban J connectivity index is 1.86. The fourth-order valence-electron chi connectivity index (χ4n) is 2.08. The molecule has 1 aromatic rings. The van der Waals surface area contributed by atoms with Gasteiger partial charge in [0.2, 0.25) is 0 Å². The van der Waals surface area contributed by atoms with Gasteiger partial charge in [0, 0.05) is 38.0 Å². The monoisotopic (exact) mass is 273 g/mol. The van der Waals surface area contributed by atoms with Gasteiger partial charge in [-0.2, -0.15) is 0 Å². The van der Waals surface area contributed by atoms with Crippen molar-refractivity contribution in [3.05, 3.63) is 17.7 Å². The second kappa shape index (κ2) is 5.81. The number of hydrogen-bond donors (Lipinski definition) is 2. The number of H-pyrrole nitrogens is 1. The SMILES string of the molecule is COCCNCc1cnc(C2CCS(=O)(=O)C2)[nH]1. The molecule has 1 unspecified atom stereocenters. The molecule has 1 aliphatic heterocycles. The zero-order chi connectivity index (χ0) is 13.0. The Hall–Kier alpha value is -0.920. The summed E-state index contributed by atoms with van der Waals surface area (Å²) in [6, 6.07) is 0. The normalized spacial score (nSPS) is 22.4. The van der Waals surface area contributed by atoms with Gasteiger partial charge < -0.3 is 15.0 Å². The minimum atomic E-state index is -2.85. The van der Waals surface area contributed by atoms with Crippen LogP contribution in [0.2, 0.25) is 0 Å². The van der Waals surface area contributed by atoms with E-state index in [1.165, 1.54) is 0 Å². The largest absolute Gasteiger partial charge is 0.383 e. The number of methoxy groups -OCH3 is 1. The molecule has 1 fully saturated rings. The molecule has 6 nitrogen and oxygen atoms in total. The Kier molecular flexibility index (Phi) is 4.36. The molecule has 0 bridgehead atoms. The van der Waals surface area contributed by atoms with Crippen LogP contribution >= 0.6 is 0 Å². The Morgan fingerprint density at radius 3 is 3.11 bits per heavy atom. The summed E-state index contributed by atoms with van der Waals surface area (Å²) in [7, 11) is -1.19. The van der Waals surface area contributed by atoms with Crippen LogP contribution in [0.25, 0.3) is 0 Å². The molecule has 1 aromatic heterocycles. The molecule has 0 saturated carbocycles. The average Bonchev–Trinajstić information content (AvgIpc) is 2.91. The van der Waals surface area contributed by atoms with Crippen LogP contribution in [0.5, 0.6) is 0 Å². The van der Waals surface area contributed by atoms with Gasteiger partial charge >= 0.3 is 0 Å². The molecule has 0 aliphatic carbocycles. The first-order valence-electron chi connectivity index (χ1n) is 6.04. The maximum atomic E-state index is 11.4. The number of aromatic nitrogens is 2. The Morgan fingerprint density at radius 2 is 2.44 bits per heavy atom. The van der Waals surface area contributed by atoms with E-state index in [1.807, 2.05) is 0 Å². The number of ether oxygens (including phenoxy) is 1. The minimum Gasteiger partial charge on any atom is -0.383 e. The Morgan fingerprint density at radius 1 is 1.61 bits per heavy atom. The van der Waals surface area contributed by atoms with Gasteiger partial charge in [0.25, 0.3) is 0 Å². The van der Waals surface area contributed by atoms with Crippen LogP contribution in [-0.2, 0) is 21.1 Å². The first kappa shape index (κ1) is 13.5. The first-order valence-corrected chi connectivity index (χ1v) is 7.87. The Bertz CT molecular complexity index is 483. The third kappa shape index (κ3) is 3.54. The predicted molar refractivity (Wildman–Crippen MR) is 68.2 cm³/mol. The van der Waals surface area contributed by atoms with E-state index in [9.17, 15) is 8.42 Å². The lowest BCUT2D eigenvalue weighted by Gasteiger charge is -2.03. The smallest absolute Gasteiger partial charge is 0.151 e. The van der Waals surface area contributed by atoms with Crippen LogP contribution in [0.3, 0.4) is 0 Å². The molecule has 102 valence electrons. The van der Waals surface area contributed by atoms with Crippen molar-refractivity contribution in [1.29, 1.82) is 0 Å². The summed E-state index contributed by atoms with van der Waals surface area (Å²) in [6.07, 6.45) is 2.44. The van der Waals surface area contributed by atoms with Crippen molar-refractivity contribution in [2.75, 3.05) is 31.8 Å². The summed E-state index contributed by atoms with van der Waals surface area (Å²) in [4.78, 5) is 7.46. The molecule has 1 saturated heterocycles. The molecular formula is C11H19N3O3S. The van der Waals surface area contributed by atoms with E-state index in [-0.39, 0.29) is 17.4 Å². The van der Waals surface area contributed by atoms with Gasteiger partial charge in [-0.15, -0.1) is 0 Å². The molecule has 1 aliphatic rings. The van der Waals surface area contributed by atoms with Gasteiger partial charge in [-0.25, -0.2) is 13.4 Å². The summed E-state index contributed by atoms with van der Waals surface area (Å²) in [5.41, 5.74) is 0.977. The molecule has 0 radical (unpaired) electrons. The maximum Gasteiger partial charge on any atom is 0.151 e. The van der Waals surface area contributed by atoms with Crippen molar-refractivity contribution in [2.45, 2.75) is 18.9 Å². The first-order chi connectivity index (χ1) is 8.61. The van der Waals surface area contributed by atoms with E-state index in [0.717, 1.165) is 18.1 Å². The van der Waals surface area contributed by atoms with Crippen molar-refractivity contribution in [3.8, 4) is 0 Å². The van der Waals surface area contributed by atoms with Gasteiger partial charge in [-0.3, -0.25) is 0 Å². The molecular weight excluding hydrogens is 254 g/mol. The number of rotatable bonds is 6. The van der Waals surface area contributed by atoms with Crippen molar-refractivity contribution < 1.29 is 13.2 Å². The summed E-state index contributed by atoms with van der Waals surface area (Å²) in [6.45, 7) is 2.14. The fraction of sp³-hybridized carbons (Fsp3) is 0.727. The third-order valence-corrected chi connectivity index (χ3v) is 4.83. The number of hydrogen-bond acceptors (Lipinski definition) is 5. The lowest BCUT2D eigenvalue weighted by atomic mass is 10.1. The molecule has 18 heavy (non-hydrogen) atoms. The fourth-order valence-corrected chi connectivity index (χ4v) is 3.83. The van der Waals surface area contributed by atoms with E-state index in [2.05, 4.69) is 15.3 Å². The highest BCUT2D eigenvalue weighted by Crippen LogP contribution is 2.26. The van der Waals surface area contributed by atoms with Crippen LogP contribution < -0.4 is 5.32 Å². The summed E-state index contributed by atoms with van der Waals surface area (Å²) >= 11 is 0. The maximum absolute atomic E-state index is 11.4. The summed E-state index contributed by atoms with van der Waals surface area (Å²) < 4.78 is 27.7. The van der Waals surface area contributed by atoms with Gasteiger partial charge in [0.05, 0.1) is 18.1 Å². The molecule has 7 heteroatoms. The molecule has 0 amide bonds. The zero-order valence-electron chi connectivity index (χ0n) is 10.5. The Labute approximate surface area is 107 Å². The van der Waals surface area contributed by atoms with Crippen LogP contribution in [0, 0.1) is 0 Å². The lowest BCUT2D eigenvalue weighted by Crippen LogP contribution is -2.18. The van der Waals surface area contributed by atoms with E-state index in [4.69, 9.17) is 4.74 Å². The van der Waals surface area contributed by atoms with Crippen molar-refractivity contribution in [2.24, 2.45) is 0 Å². The van der Waals surface area contributed by atoms with Crippen molar-refractivity contribution in [1.82, 2.24) is 15.3 Å². The van der Waals surface area contributed by atoms with E-state index >= 15 is 0 Å². The highest BCUT2D eigenvalue weighted by atomic mass is 32.2. The molecule has 2 N–H and O–H groups in total. The standard InChI is InChI=1S/C11H19N3O3S/c1-17-4-3-12-6-10-7-13-11(14-10)9-2-5-18(15,16)8-9/h7,9,12H,2-6,8H2,1H3,(H,13,14). The summed E-state index contributed by atoms with van der Waals surface area (Å²) in [5.74, 6) is 1.32. The van der Waals surface area contributed by atoms with Gasteiger partial charge in [-0.05, 0) is 6.42 Å². The van der Waals surface area contributed by atoms with Gasteiger partial charge in [0.15, 0.2) is 9.84 Å². The van der Waals surface area contributed by atoms with Crippen LogP contribution in [-0.4, -0.2) is 50.2 Å². The molecule has 2 heterocycles. The minimum absolute atomic E-state index is 0.0303. The number of imidazole rings is 1. The van der Waals surface area contributed by atoms with Crippen LogP contribution in [0.15, 0.2) is 6.20 Å². The summed E-state index contributed by atoms with van der Waals surface area (Å²) in [5, 5.41) is 3.21. The number of nitrogens with zero attached hydrogens (tertiary/aromatic N) is 1. The van der Waals surface area contributed by atoms with Crippen molar-refractivity contribution in [3.63, 3.8) is 0 Å². The van der Waals surface area contributed by atoms with Gasteiger partial charge in [0.1, 0.15) is 5.82 Å². The van der Waals surface area contributed by atoms with E-state index < -0.39 is 9.84 Å². The van der Waals surface area contributed by atoms with Crippen molar-refractivity contribution >= 4 is 9.84 Å². The third-order valence-electron chi connectivity index (χ3n) is 3.07. The molecule has 2 rings (SSSR count). The average molecular weight is 273 g/mol. The molecule has 0 aromatic carbocycles. The number of aromatic amines is 1. The topological polar surface area (TPSA) is 84.1 Å². The van der Waals surface area contributed by atoms with Crippen LogP contribution in [0.1, 0.15) is 23.9 Å². The van der Waals surface area contributed by atoms with Crippen LogP contribution in [0.4, 0.5) is 0 Å². The highest BCUT2D eigenvalue weighted by Gasteiger charge is 2.30. The lowest BCUT2D eigenvalue weighted by molar-refractivity contribution is 0.199. The second-order valence-corrected chi connectivity index (χ2v) is 6.79. The molecule has 1 atom stereocenters. The zero-order valence-corrected chi connectivity index (χ0v) is 11.3. The van der Waals surface area contributed by atoms with E-state index in [0.29, 0.717) is 19.6 Å². The second-order valence-electron chi connectivity index (χ2n) is 4.56. The quantitative estimate of drug-likeness (QED) is 0.715. The number of sulfone groups is 1. The predicted octanol–water partition coefficient (Wildman–Crippen LogP) is 0.0478. The highest BCUT2D eigenvalue weighted by molar-refractivity contribution is 7.91. The van der Waals surface area contributed by atoms with Gasteiger partial charge in [-0.1, -0.05) is 0 Å². The number of nitrogens with one attached hydrogen (secondary N) is 2. The van der Waals surface area contributed by atoms with E-state index in [1.54, 1.807) is 13.3 Å².